The molecule has 14 heavy (non-hydrogen) atoms. The number of aromatic nitrogens is 1. The first-order chi connectivity index (χ1) is 6.74. The first-order valence-electron chi connectivity index (χ1n) is 5.34. The lowest BCUT2D eigenvalue weighted by Crippen LogP contribution is -2.00. The van der Waals surface area contributed by atoms with Gasteiger partial charge >= 0.3 is 0 Å². The van der Waals surface area contributed by atoms with Crippen molar-refractivity contribution in [3.8, 4) is 0 Å². The number of rotatable bonds is 5. The molecule has 0 amide bonds. The van der Waals surface area contributed by atoms with E-state index in [0.29, 0.717) is 0 Å². The quantitative estimate of drug-likeness (QED) is 0.729. The second-order valence-corrected chi connectivity index (χ2v) is 3.77. The monoisotopic (exact) mass is 193 g/mol. The van der Waals surface area contributed by atoms with E-state index in [-0.39, 0.29) is 6.10 Å². The minimum absolute atomic E-state index is 0.388. The van der Waals surface area contributed by atoms with Crippen molar-refractivity contribution in [1.82, 2.24) is 4.98 Å². The normalized spacial score (nSPS) is 12.8. The van der Waals surface area contributed by atoms with Crippen LogP contribution in [0.1, 0.15) is 50.0 Å². The Bertz CT molecular complexity index is 273. The maximum Gasteiger partial charge on any atom is 0.0959 e. The zero-order valence-electron chi connectivity index (χ0n) is 9.03. The Kier molecular flexibility index (Phi) is 4.60. The number of aryl methyl sites for hydroxylation is 1. The Morgan fingerprint density at radius 1 is 1.43 bits per heavy atom. The standard InChI is InChI=1S/C12H19NO/c1-3-4-5-6-12(14)11-9-10(2)7-8-13-11/h7-9,12,14H,3-6H2,1-2H3. The second-order valence-electron chi connectivity index (χ2n) is 3.77. The van der Waals surface area contributed by atoms with Gasteiger partial charge in [-0.2, -0.15) is 0 Å². The van der Waals surface area contributed by atoms with Crippen molar-refractivity contribution < 1.29 is 5.11 Å². The summed E-state index contributed by atoms with van der Waals surface area (Å²) < 4.78 is 0. The summed E-state index contributed by atoms with van der Waals surface area (Å²) in [6.45, 7) is 4.18. The molecule has 0 aliphatic heterocycles. The highest BCUT2D eigenvalue weighted by atomic mass is 16.3. The van der Waals surface area contributed by atoms with Crippen LogP contribution in [0.3, 0.4) is 0 Å². The Morgan fingerprint density at radius 3 is 2.86 bits per heavy atom. The van der Waals surface area contributed by atoms with Gasteiger partial charge in [0.2, 0.25) is 0 Å². The molecule has 0 fully saturated rings. The minimum Gasteiger partial charge on any atom is -0.387 e. The molecule has 0 radical (unpaired) electrons. The smallest absolute Gasteiger partial charge is 0.0959 e. The van der Waals surface area contributed by atoms with Crippen LogP contribution in [0.5, 0.6) is 0 Å². The van der Waals surface area contributed by atoms with Crippen LogP contribution in [-0.2, 0) is 0 Å². The fraction of sp³-hybridized carbons (Fsp3) is 0.583. The molecule has 1 atom stereocenters. The van der Waals surface area contributed by atoms with Crippen molar-refractivity contribution in [2.45, 2.75) is 45.6 Å². The molecule has 1 rings (SSSR count). The van der Waals surface area contributed by atoms with E-state index < -0.39 is 0 Å². The van der Waals surface area contributed by atoms with E-state index in [1.54, 1.807) is 6.20 Å². The van der Waals surface area contributed by atoms with E-state index in [0.717, 1.165) is 24.1 Å². The van der Waals surface area contributed by atoms with Crippen LogP contribution < -0.4 is 0 Å². The van der Waals surface area contributed by atoms with Gasteiger partial charge in [-0.15, -0.1) is 0 Å². The average Bonchev–Trinajstić information content (AvgIpc) is 2.18. The lowest BCUT2D eigenvalue weighted by Gasteiger charge is -2.09. The molecule has 1 N–H and O–H groups in total. The average molecular weight is 193 g/mol. The maximum atomic E-state index is 9.81. The summed E-state index contributed by atoms with van der Waals surface area (Å²) in [5, 5.41) is 9.81. The van der Waals surface area contributed by atoms with Crippen molar-refractivity contribution in [2.24, 2.45) is 0 Å². The Labute approximate surface area is 86.0 Å². The molecule has 0 aliphatic rings. The fourth-order valence-electron chi connectivity index (χ4n) is 1.48. The first kappa shape index (κ1) is 11.2. The van der Waals surface area contributed by atoms with Gasteiger partial charge < -0.3 is 5.11 Å². The Hall–Kier alpha value is -0.890. The van der Waals surface area contributed by atoms with Gasteiger partial charge in [0.1, 0.15) is 0 Å². The third kappa shape index (κ3) is 3.46. The number of unbranched alkanes of at least 4 members (excludes halogenated alkanes) is 2. The van der Waals surface area contributed by atoms with Gasteiger partial charge in [-0.3, -0.25) is 4.98 Å². The zero-order valence-corrected chi connectivity index (χ0v) is 9.03. The largest absolute Gasteiger partial charge is 0.387 e. The molecule has 0 aromatic carbocycles. The molecular formula is C12H19NO. The van der Waals surface area contributed by atoms with Crippen LogP contribution in [-0.4, -0.2) is 10.1 Å². The third-order valence-electron chi connectivity index (χ3n) is 2.36. The van der Waals surface area contributed by atoms with Crippen LogP contribution in [0.25, 0.3) is 0 Å². The summed E-state index contributed by atoms with van der Waals surface area (Å²) in [4.78, 5) is 4.17. The number of aliphatic hydroxyl groups excluding tert-OH is 1. The highest BCUT2D eigenvalue weighted by Gasteiger charge is 2.07. The SMILES string of the molecule is CCCCCC(O)c1cc(C)ccn1. The van der Waals surface area contributed by atoms with Gasteiger partial charge in [0.25, 0.3) is 0 Å². The van der Waals surface area contributed by atoms with Crippen LogP contribution in [0.15, 0.2) is 18.3 Å². The summed E-state index contributed by atoms with van der Waals surface area (Å²) in [7, 11) is 0. The molecule has 1 heterocycles. The number of nitrogens with zero attached hydrogens (tertiary/aromatic N) is 1. The number of hydrogen-bond acceptors (Lipinski definition) is 2. The second kappa shape index (κ2) is 5.76. The number of aliphatic hydroxyl groups is 1. The van der Waals surface area contributed by atoms with Gasteiger partial charge in [-0.25, -0.2) is 0 Å². The molecule has 0 saturated carbocycles. The van der Waals surface area contributed by atoms with E-state index >= 15 is 0 Å². The molecular weight excluding hydrogens is 174 g/mol. The highest BCUT2D eigenvalue weighted by Crippen LogP contribution is 2.18. The summed E-state index contributed by atoms with van der Waals surface area (Å²) in [5.74, 6) is 0. The predicted octanol–water partition coefficient (Wildman–Crippen LogP) is 3.00. The van der Waals surface area contributed by atoms with E-state index in [2.05, 4.69) is 11.9 Å². The van der Waals surface area contributed by atoms with Crippen LogP contribution in [0, 0.1) is 6.92 Å². The summed E-state index contributed by atoms with van der Waals surface area (Å²) >= 11 is 0. The Morgan fingerprint density at radius 2 is 2.21 bits per heavy atom. The fourth-order valence-corrected chi connectivity index (χ4v) is 1.48. The zero-order chi connectivity index (χ0) is 10.4. The van der Waals surface area contributed by atoms with Gasteiger partial charge in [0, 0.05) is 6.20 Å². The molecule has 2 nitrogen and oxygen atoms in total. The van der Waals surface area contributed by atoms with Crippen molar-refractivity contribution in [3.63, 3.8) is 0 Å². The number of pyridine rings is 1. The van der Waals surface area contributed by atoms with Crippen LogP contribution in [0.2, 0.25) is 0 Å². The van der Waals surface area contributed by atoms with Crippen molar-refractivity contribution >= 4 is 0 Å². The molecule has 0 saturated heterocycles. The van der Waals surface area contributed by atoms with Crippen molar-refractivity contribution in [3.05, 3.63) is 29.6 Å². The molecule has 0 spiro atoms. The van der Waals surface area contributed by atoms with E-state index in [1.807, 2.05) is 19.1 Å². The summed E-state index contributed by atoms with van der Waals surface area (Å²) in [6, 6.07) is 3.90. The Balaban J connectivity index is 2.47. The van der Waals surface area contributed by atoms with Crippen LogP contribution in [0.4, 0.5) is 0 Å². The van der Waals surface area contributed by atoms with Crippen molar-refractivity contribution in [1.29, 1.82) is 0 Å². The van der Waals surface area contributed by atoms with Crippen molar-refractivity contribution in [2.75, 3.05) is 0 Å². The molecule has 1 unspecified atom stereocenters. The molecule has 1 aromatic heterocycles. The highest BCUT2D eigenvalue weighted by molar-refractivity contribution is 5.15. The topological polar surface area (TPSA) is 33.1 Å². The molecule has 0 aliphatic carbocycles. The van der Waals surface area contributed by atoms with Gasteiger partial charge in [-0.05, 0) is 31.0 Å². The summed E-state index contributed by atoms with van der Waals surface area (Å²) in [5.41, 5.74) is 1.96. The molecule has 1 aromatic rings. The summed E-state index contributed by atoms with van der Waals surface area (Å²) in [6.07, 6.45) is 5.64. The lowest BCUT2D eigenvalue weighted by atomic mass is 10.1. The molecule has 78 valence electrons. The maximum absolute atomic E-state index is 9.81. The van der Waals surface area contributed by atoms with E-state index in [9.17, 15) is 5.11 Å². The van der Waals surface area contributed by atoms with Gasteiger partial charge in [0.15, 0.2) is 0 Å². The van der Waals surface area contributed by atoms with Gasteiger partial charge in [0.05, 0.1) is 11.8 Å². The first-order valence-corrected chi connectivity index (χ1v) is 5.34. The van der Waals surface area contributed by atoms with E-state index in [1.165, 1.54) is 12.8 Å². The third-order valence-corrected chi connectivity index (χ3v) is 2.36. The van der Waals surface area contributed by atoms with Gasteiger partial charge in [-0.1, -0.05) is 26.2 Å². The molecule has 2 heteroatoms. The number of hydrogen-bond donors (Lipinski definition) is 1. The molecule has 0 bridgehead atoms. The lowest BCUT2D eigenvalue weighted by molar-refractivity contribution is 0.159. The minimum atomic E-state index is -0.388. The van der Waals surface area contributed by atoms with E-state index in [4.69, 9.17) is 0 Å². The predicted molar refractivity (Wildman–Crippen MR) is 58.1 cm³/mol. The van der Waals surface area contributed by atoms with Crippen LogP contribution >= 0.6 is 0 Å².